The molecule has 0 rings (SSSR count). The fraction of sp³-hybridized carbons (Fsp3) is 0.545. The zero-order valence-corrected chi connectivity index (χ0v) is 10.1. The molecule has 0 saturated heterocycles. The molecule has 0 aromatic heterocycles. The summed E-state index contributed by atoms with van der Waals surface area (Å²) in [5.74, 6) is 0. The molecule has 0 aliphatic rings. The first-order valence-electron chi connectivity index (χ1n) is 4.64. The Morgan fingerprint density at radius 1 is 1.54 bits per heavy atom. The number of halogens is 1. The summed E-state index contributed by atoms with van der Waals surface area (Å²) in [4.78, 5) is 0. The fourth-order valence-corrected chi connectivity index (χ4v) is 1.60. The van der Waals surface area contributed by atoms with Gasteiger partial charge in [0, 0.05) is 6.21 Å². The average molecular weight is 244 g/mol. The van der Waals surface area contributed by atoms with Gasteiger partial charge < -0.3 is 5.41 Å². The quantitative estimate of drug-likeness (QED) is 0.668. The Hall–Kier alpha value is -0.370. The van der Waals surface area contributed by atoms with Crippen LogP contribution >= 0.6 is 15.9 Å². The molecule has 0 atom stereocenters. The Morgan fingerprint density at radius 2 is 2.15 bits per heavy atom. The van der Waals surface area contributed by atoms with Crippen LogP contribution in [0, 0.1) is 5.41 Å². The molecule has 0 aromatic rings. The molecule has 0 aliphatic carbocycles. The summed E-state index contributed by atoms with van der Waals surface area (Å²) in [6.45, 7) is 8.04. The molecule has 0 unspecified atom stereocenters. The van der Waals surface area contributed by atoms with E-state index < -0.39 is 0 Å². The lowest BCUT2D eigenvalue weighted by Crippen LogP contribution is -1.91. The number of unbranched alkanes of at least 4 members (excludes halogenated alkanes) is 1. The molecule has 0 saturated carbocycles. The van der Waals surface area contributed by atoms with E-state index in [1.165, 1.54) is 18.2 Å². The average Bonchev–Trinajstić information content (AvgIpc) is 2.04. The second kappa shape index (κ2) is 7.07. The minimum Gasteiger partial charge on any atom is -0.308 e. The standard InChI is InChI=1S/C11H18BrN/c1-4-5-6-11(8-13)9(2)7-10(3)12/h8,13H,3-7H2,1-2H3/b11-9-,13-8?. The zero-order chi connectivity index (χ0) is 10.3. The monoisotopic (exact) mass is 243 g/mol. The van der Waals surface area contributed by atoms with Crippen molar-refractivity contribution in [3.63, 3.8) is 0 Å². The number of hydrogen-bond acceptors (Lipinski definition) is 1. The summed E-state index contributed by atoms with van der Waals surface area (Å²) in [7, 11) is 0. The lowest BCUT2D eigenvalue weighted by molar-refractivity contribution is 0.797. The highest BCUT2D eigenvalue weighted by atomic mass is 79.9. The van der Waals surface area contributed by atoms with E-state index in [1.807, 2.05) is 0 Å². The highest BCUT2D eigenvalue weighted by molar-refractivity contribution is 9.11. The van der Waals surface area contributed by atoms with Crippen LogP contribution in [0.1, 0.15) is 39.5 Å². The van der Waals surface area contributed by atoms with Crippen LogP contribution in [-0.4, -0.2) is 6.21 Å². The summed E-state index contributed by atoms with van der Waals surface area (Å²) in [6.07, 6.45) is 5.69. The SMILES string of the molecule is C=C(Br)C/C(C)=C(\C=N)CCCC. The third-order valence-electron chi connectivity index (χ3n) is 1.98. The van der Waals surface area contributed by atoms with Gasteiger partial charge in [0.15, 0.2) is 0 Å². The lowest BCUT2D eigenvalue weighted by atomic mass is 10.0. The van der Waals surface area contributed by atoms with E-state index in [0.717, 1.165) is 29.3 Å². The maximum Gasteiger partial charge on any atom is 0.0209 e. The molecule has 0 radical (unpaired) electrons. The van der Waals surface area contributed by atoms with E-state index in [1.54, 1.807) is 0 Å². The molecule has 0 amide bonds. The van der Waals surface area contributed by atoms with E-state index in [2.05, 4.69) is 36.4 Å². The Kier molecular flexibility index (Phi) is 6.87. The van der Waals surface area contributed by atoms with Crippen molar-refractivity contribution >= 4 is 22.1 Å². The molecule has 1 N–H and O–H groups in total. The van der Waals surface area contributed by atoms with Crippen LogP contribution in [0.15, 0.2) is 22.2 Å². The molecule has 0 fully saturated rings. The van der Waals surface area contributed by atoms with Gasteiger partial charge in [-0.15, -0.1) is 0 Å². The van der Waals surface area contributed by atoms with Crippen LogP contribution in [0.4, 0.5) is 0 Å². The number of hydrogen-bond donors (Lipinski definition) is 1. The lowest BCUT2D eigenvalue weighted by Gasteiger charge is -2.06. The van der Waals surface area contributed by atoms with Gasteiger partial charge in [-0.25, -0.2) is 0 Å². The Balaban J connectivity index is 4.30. The Labute approximate surface area is 89.6 Å². The largest absolute Gasteiger partial charge is 0.308 e. The molecule has 0 heterocycles. The normalized spacial score (nSPS) is 12.2. The molecule has 1 nitrogen and oxygen atoms in total. The second-order valence-corrected chi connectivity index (χ2v) is 4.37. The molecule has 0 aliphatic heterocycles. The molecule has 0 bridgehead atoms. The Morgan fingerprint density at radius 3 is 2.54 bits per heavy atom. The van der Waals surface area contributed by atoms with Crippen molar-refractivity contribution < 1.29 is 0 Å². The first kappa shape index (κ1) is 12.6. The molecule has 2 heteroatoms. The first-order valence-corrected chi connectivity index (χ1v) is 5.43. The summed E-state index contributed by atoms with van der Waals surface area (Å²) in [6, 6.07) is 0. The first-order chi connectivity index (χ1) is 6.11. The van der Waals surface area contributed by atoms with Gasteiger partial charge in [-0.05, 0) is 36.2 Å². The van der Waals surface area contributed by atoms with Gasteiger partial charge in [-0.1, -0.05) is 41.4 Å². The highest BCUT2D eigenvalue weighted by Gasteiger charge is 2.00. The van der Waals surface area contributed by atoms with Crippen molar-refractivity contribution in [2.24, 2.45) is 0 Å². The molecule has 13 heavy (non-hydrogen) atoms. The summed E-state index contributed by atoms with van der Waals surface area (Å²) < 4.78 is 0.987. The number of rotatable bonds is 6. The molecule has 0 spiro atoms. The highest BCUT2D eigenvalue weighted by Crippen LogP contribution is 2.19. The summed E-state index contributed by atoms with van der Waals surface area (Å²) >= 11 is 3.34. The van der Waals surface area contributed by atoms with Gasteiger partial charge in [0.05, 0.1) is 0 Å². The smallest absolute Gasteiger partial charge is 0.0209 e. The zero-order valence-electron chi connectivity index (χ0n) is 8.49. The number of nitrogens with one attached hydrogen (secondary N) is 1. The van der Waals surface area contributed by atoms with Crippen molar-refractivity contribution in [3.8, 4) is 0 Å². The summed E-state index contributed by atoms with van der Waals surface area (Å²) in [5, 5.41) is 7.29. The third kappa shape index (κ3) is 5.81. The maximum atomic E-state index is 7.29. The van der Waals surface area contributed by atoms with Crippen molar-refractivity contribution in [2.75, 3.05) is 0 Å². The second-order valence-electron chi connectivity index (χ2n) is 3.25. The predicted octanol–water partition coefficient (Wildman–Crippen LogP) is 4.44. The van der Waals surface area contributed by atoms with E-state index in [4.69, 9.17) is 5.41 Å². The molecule has 74 valence electrons. The van der Waals surface area contributed by atoms with E-state index in [0.29, 0.717) is 0 Å². The van der Waals surface area contributed by atoms with Crippen LogP contribution in [0.5, 0.6) is 0 Å². The van der Waals surface area contributed by atoms with Crippen LogP contribution in [-0.2, 0) is 0 Å². The van der Waals surface area contributed by atoms with E-state index >= 15 is 0 Å². The van der Waals surface area contributed by atoms with Crippen LogP contribution in [0.3, 0.4) is 0 Å². The van der Waals surface area contributed by atoms with E-state index in [9.17, 15) is 0 Å². The van der Waals surface area contributed by atoms with Crippen molar-refractivity contribution in [3.05, 3.63) is 22.2 Å². The Bertz CT molecular complexity index is 216. The van der Waals surface area contributed by atoms with Crippen LogP contribution in [0.25, 0.3) is 0 Å². The van der Waals surface area contributed by atoms with Crippen LogP contribution < -0.4 is 0 Å². The minimum atomic E-state index is 0.856. The van der Waals surface area contributed by atoms with Crippen LogP contribution in [0.2, 0.25) is 0 Å². The maximum absolute atomic E-state index is 7.29. The van der Waals surface area contributed by atoms with Gasteiger partial charge in [-0.3, -0.25) is 0 Å². The topological polar surface area (TPSA) is 23.9 Å². The molecular weight excluding hydrogens is 226 g/mol. The molecular formula is C11H18BrN. The van der Waals surface area contributed by atoms with Gasteiger partial charge in [0.25, 0.3) is 0 Å². The minimum absolute atomic E-state index is 0.856. The van der Waals surface area contributed by atoms with E-state index in [-0.39, 0.29) is 0 Å². The third-order valence-corrected chi connectivity index (χ3v) is 2.26. The molecule has 0 aromatic carbocycles. The van der Waals surface area contributed by atoms with Gasteiger partial charge in [0.1, 0.15) is 0 Å². The fourth-order valence-electron chi connectivity index (χ4n) is 1.18. The van der Waals surface area contributed by atoms with Gasteiger partial charge >= 0.3 is 0 Å². The van der Waals surface area contributed by atoms with Crippen molar-refractivity contribution in [2.45, 2.75) is 39.5 Å². The predicted molar refractivity (Wildman–Crippen MR) is 63.7 cm³/mol. The number of allylic oxidation sites excluding steroid dienone is 3. The van der Waals surface area contributed by atoms with Crippen molar-refractivity contribution in [1.29, 1.82) is 5.41 Å². The van der Waals surface area contributed by atoms with Gasteiger partial charge in [0.2, 0.25) is 0 Å². The van der Waals surface area contributed by atoms with Gasteiger partial charge in [-0.2, -0.15) is 0 Å². The summed E-state index contributed by atoms with van der Waals surface area (Å²) in [5.41, 5.74) is 2.41. The van der Waals surface area contributed by atoms with Crippen molar-refractivity contribution in [1.82, 2.24) is 0 Å².